The van der Waals surface area contributed by atoms with Crippen molar-refractivity contribution >= 4 is 33.4 Å². The summed E-state index contributed by atoms with van der Waals surface area (Å²) < 4.78 is 27.8. The van der Waals surface area contributed by atoms with Crippen molar-refractivity contribution < 1.29 is 18.4 Å². The molecule has 0 aliphatic carbocycles. The summed E-state index contributed by atoms with van der Waals surface area (Å²) in [6.07, 6.45) is 0. The fourth-order valence-corrected chi connectivity index (χ4v) is 2.40. The lowest BCUT2D eigenvalue weighted by Gasteiger charge is -2.10. The molecule has 0 aliphatic rings. The molecule has 4 nitrogen and oxygen atoms in total. The number of amides is 2. The van der Waals surface area contributed by atoms with Crippen molar-refractivity contribution in [3.8, 4) is 0 Å². The van der Waals surface area contributed by atoms with E-state index in [1.165, 1.54) is 0 Å². The number of hydrogen-bond acceptors (Lipinski definition) is 2. The Bertz CT molecular complexity index is 745. The molecule has 0 saturated heterocycles. The first kappa shape index (κ1) is 17.1. The molecule has 2 aromatic rings. The number of halogens is 3. The quantitative estimate of drug-likeness (QED) is 0.851. The van der Waals surface area contributed by atoms with E-state index in [2.05, 4.69) is 26.6 Å². The Morgan fingerprint density at radius 1 is 1.13 bits per heavy atom. The summed E-state index contributed by atoms with van der Waals surface area (Å²) in [4.78, 5) is 23.6. The van der Waals surface area contributed by atoms with Crippen molar-refractivity contribution in [2.45, 2.75) is 6.92 Å². The predicted octanol–water partition coefficient (Wildman–Crippen LogP) is 3.40. The van der Waals surface area contributed by atoms with Gasteiger partial charge in [-0.15, -0.1) is 0 Å². The molecule has 2 aromatic carbocycles. The Morgan fingerprint density at radius 2 is 1.78 bits per heavy atom. The van der Waals surface area contributed by atoms with Crippen molar-refractivity contribution in [3.63, 3.8) is 0 Å². The van der Waals surface area contributed by atoms with Gasteiger partial charge in [0.05, 0.1) is 6.54 Å². The smallest absolute Gasteiger partial charge is 0.257 e. The minimum atomic E-state index is -0.983. The Balaban J connectivity index is 1.98. The Hall–Kier alpha value is -2.28. The van der Waals surface area contributed by atoms with Gasteiger partial charge >= 0.3 is 0 Å². The summed E-state index contributed by atoms with van der Waals surface area (Å²) >= 11 is 3.31. The Kier molecular flexibility index (Phi) is 5.44. The number of carbonyl (C=O) groups is 2. The molecule has 120 valence electrons. The fraction of sp³-hybridized carbons (Fsp3) is 0.125. The molecule has 2 amide bonds. The van der Waals surface area contributed by atoms with Crippen LogP contribution < -0.4 is 10.6 Å². The van der Waals surface area contributed by atoms with Crippen LogP contribution in [0.5, 0.6) is 0 Å². The van der Waals surface area contributed by atoms with E-state index in [0.717, 1.165) is 28.2 Å². The largest absolute Gasteiger partial charge is 0.343 e. The van der Waals surface area contributed by atoms with Gasteiger partial charge in [0.15, 0.2) is 0 Å². The summed E-state index contributed by atoms with van der Waals surface area (Å²) in [6.45, 7) is 1.41. The molecule has 23 heavy (non-hydrogen) atoms. The average molecular weight is 383 g/mol. The second kappa shape index (κ2) is 7.32. The van der Waals surface area contributed by atoms with Crippen molar-refractivity contribution in [2.75, 3.05) is 11.9 Å². The second-order valence-corrected chi connectivity index (χ2v) is 5.70. The molecule has 0 atom stereocenters. The van der Waals surface area contributed by atoms with Gasteiger partial charge in [-0.25, -0.2) is 8.78 Å². The van der Waals surface area contributed by atoms with Crippen molar-refractivity contribution in [3.05, 3.63) is 63.6 Å². The first-order chi connectivity index (χ1) is 10.9. The van der Waals surface area contributed by atoms with Crippen LogP contribution >= 0.6 is 15.9 Å². The molecule has 2 rings (SSSR count). The molecule has 2 N–H and O–H groups in total. The predicted molar refractivity (Wildman–Crippen MR) is 86.2 cm³/mol. The van der Waals surface area contributed by atoms with Crippen LogP contribution in [0, 0.1) is 18.6 Å². The highest BCUT2D eigenvalue weighted by Crippen LogP contribution is 2.19. The molecule has 0 unspecified atom stereocenters. The summed E-state index contributed by atoms with van der Waals surface area (Å²) in [5.74, 6) is -3.44. The maximum absolute atomic E-state index is 13.5. The van der Waals surface area contributed by atoms with E-state index in [1.54, 1.807) is 12.1 Å². The Morgan fingerprint density at radius 3 is 2.39 bits per heavy atom. The molecular formula is C16H13BrF2N2O2. The third-order valence-corrected chi connectivity index (χ3v) is 3.56. The van der Waals surface area contributed by atoms with Gasteiger partial charge in [0.2, 0.25) is 5.91 Å². The molecule has 0 bridgehead atoms. The van der Waals surface area contributed by atoms with Crippen LogP contribution in [-0.4, -0.2) is 18.4 Å². The van der Waals surface area contributed by atoms with Crippen LogP contribution in [0.4, 0.5) is 14.5 Å². The van der Waals surface area contributed by atoms with Crippen LogP contribution in [0.15, 0.2) is 40.9 Å². The molecule has 0 saturated carbocycles. The van der Waals surface area contributed by atoms with E-state index in [9.17, 15) is 18.4 Å². The molecule has 7 heteroatoms. The van der Waals surface area contributed by atoms with Gasteiger partial charge in [-0.1, -0.05) is 22.0 Å². The Labute approximate surface area is 140 Å². The SMILES string of the molecule is Cc1cc(Br)ccc1NC(=O)CNC(=O)c1c(F)cccc1F. The zero-order valence-corrected chi connectivity index (χ0v) is 13.7. The van der Waals surface area contributed by atoms with Crippen molar-refractivity contribution in [1.29, 1.82) is 0 Å². The monoisotopic (exact) mass is 382 g/mol. The standard InChI is InChI=1S/C16H13BrF2N2O2/c1-9-7-10(17)5-6-13(9)21-14(22)8-20-16(23)15-11(18)3-2-4-12(15)19/h2-7H,8H2,1H3,(H,20,23)(H,21,22). The first-order valence-electron chi connectivity index (χ1n) is 6.66. The zero-order valence-electron chi connectivity index (χ0n) is 12.1. The van der Waals surface area contributed by atoms with Crippen LogP contribution in [0.3, 0.4) is 0 Å². The van der Waals surface area contributed by atoms with E-state index in [-0.39, 0.29) is 0 Å². The summed E-state index contributed by atoms with van der Waals surface area (Å²) in [5, 5.41) is 4.80. The molecule has 0 aliphatic heterocycles. The number of benzene rings is 2. The molecule has 0 fully saturated rings. The highest BCUT2D eigenvalue weighted by molar-refractivity contribution is 9.10. The lowest BCUT2D eigenvalue weighted by atomic mass is 10.2. The molecule has 0 spiro atoms. The number of hydrogen-bond donors (Lipinski definition) is 2. The van der Waals surface area contributed by atoms with Gasteiger partial charge in [0.1, 0.15) is 17.2 Å². The zero-order chi connectivity index (χ0) is 17.0. The van der Waals surface area contributed by atoms with Gasteiger partial charge in [0, 0.05) is 10.2 Å². The molecule has 0 aromatic heterocycles. The second-order valence-electron chi connectivity index (χ2n) is 4.79. The van der Waals surface area contributed by atoms with E-state index in [0.29, 0.717) is 5.69 Å². The van der Waals surface area contributed by atoms with Gasteiger partial charge in [-0.05, 0) is 42.8 Å². The van der Waals surface area contributed by atoms with E-state index in [1.807, 2.05) is 13.0 Å². The van der Waals surface area contributed by atoms with Crippen molar-refractivity contribution in [1.82, 2.24) is 5.32 Å². The number of carbonyl (C=O) groups excluding carboxylic acids is 2. The fourth-order valence-electron chi connectivity index (χ4n) is 1.93. The van der Waals surface area contributed by atoms with E-state index in [4.69, 9.17) is 0 Å². The molecule has 0 heterocycles. The third kappa shape index (κ3) is 4.35. The summed E-state index contributed by atoms with van der Waals surface area (Å²) in [7, 11) is 0. The minimum absolute atomic E-state index is 0.401. The lowest BCUT2D eigenvalue weighted by Crippen LogP contribution is -2.34. The number of aryl methyl sites for hydroxylation is 1. The van der Waals surface area contributed by atoms with Crippen LogP contribution in [0.2, 0.25) is 0 Å². The van der Waals surface area contributed by atoms with Gasteiger partial charge in [-0.2, -0.15) is 0 Å². The van der Waals surface area contributed by atoms with Gasteiger partial charge < -0.3 is 10.6 Å². The number of rotatable bonds is 4. The van der Waals surface area contributed by atoms with Crippen LogP contribution in [0.1, 0.15) is 15.9 Å². The highest BCUT2D eigenvalue weighted by Gasteiger charge is 2.17. The average Bonchev–Trinajstić information content (AvgIpc) is 2.48. The number of nitrogens with one attached hydrogen (secondary N) is 2. The summed E-state index contributed by atoms with van der Waals surface area (Å²) in [5.41, 5.74) is 0.712. The lowest BCUT2D eigenvalue weighted by molar-refractivity contribution is -0.115. The first-order valence-corrected chi connectivity index (χ1v) is 7.46. The van der Waals surface area contributed by atoms with E-state index >= 15 is 0 Å². The third-order valence-electron chi connectivity index (χ3n) is 3.06. The molecule has 0 radical (unpaired) electrons. The maximum Gasteiger partial charge on any atom is 0.257 e. The topological polar surface area (TPSA) is 58.2 Å². The van der Waals surface area contributed by atoms with E-state index < -0.39 is 35.6 Å². The van der Waals surface area contributed by atoms with Crippen LogP contribution in [-0.2, 0) is 4.79 Å². The number of anilines is 1. The minimum Gasteiger partial charge on any atom is -0.343 e. The summed E-state index contributed by atoms with van der Waals surface area (Å²) in [6, 6.07) is 8.39. The maximum atomic E-state index is 13.5. The highest BCUT2D eigenvalue weighted by atomic mass is 79.9. The van der Waals surface area contributed by atoms with Crippen LogP contribution in [0.25, 0.3) is 0 Å². The van der Waals surface area contributed by atoms with Gasteiger partial charge in [0.25, 0.3) is 5.91 Å². The van der Waals surface area contributed by atoms with Crippen molar-refractivity contribution in [2.24, 2.45) is 0 Å². The van der Waals surface area contributed by atoms with Gasteiger partial charge in [-0.3, -0.25) is 9.59 Å². The normalized spacial score (nSPS) is 10.3. The molecular weight excluding hydrogens is 370 g/mol.